The van der Waals surface area contributed by atoms with E-state index in [0.717, 1.165) is 23.0 Å². The molecule has 0 radical (unpaired) electrons. The molecule has 1 heterocycles. The van der Waals surface area contributed by atoms with Gasteiger partial charge in [-0.25, -0.2) is 4.68 Å². The van der Waals surface area contributed by atoms with Crippen LogP contribution < -0.4 is 5.32 Å². The minimum Gasteiger partial charge on any atom is -0.316 e. The van der Waals surface area contributed by atoms with Crippen molar-refractivity contribution in [1.82, 2.24) is 25.5 Å². The van der Waals surface area contributed by atoms with E-state index in [9.17, 15) is 0 Å². The molecular formula is C9H15N5S. The number of aromatic nitrogens is 4. The zero-order chi connectivity index (χ0) is 10.7. The van der Waals surface area contributed by atoms with Gasteiger partial charge in [-0.15, -0.1) is 5.10 Å². The molecule has 6 heteroatoms. The van der Waals surface area contributed by atoms with Crippen LogP contribution in [0.15, 0.2) is 17.3 Å². The van der Waals surface area contributed by atoms with Crippen molar-refractivity contribution in [2.75, 3.05) is 19.3 Å². The Morgan fingerprint density at radius 1 is 1.67 bits per heavy atom. The zero-order valence-electron chi connectivity index (χ0n) is 8.81. The summed E-state index contributed by atoms with van der Waals surface area (Å²) in [4.78, 5) is 0. The molecule has 0 bridgehead atoms. The van der Waals surface area contributed by atoms with E-state index in [1.54, 1.807) is 11.8 Å². The Labute approximate surface area is 93.3 Å². The van der Waals surface area contributed by atoms with Gasteiger partial charge in [0.05, 0.1) is 6.04 Å². The van der Waals surface area contributed by atoms with Crippen LogP contribution in [0.25, 0.3) is 0 Å². The number of hydrogen-bond acceptors (Lipinski definition) is 5. The maximum Gasteiger partial charge on any atom is 0.209 e. The lowest BCUT2D eigenvalue weighted by Crippen LogP contribution is -2.11. The molecule has 15 heavy (non-hydrogen) atoms. The molecule has 0 unspecified atom stereocenters. The van der Waals surface area contributed by atoms with E-state index >= 15 is 0 Å². The first kappa shape index (κ1) is 10.6. The highest BCUT2D eigenvalue weighted by Gasteiger charge is 2.27. The lowest BCUT2D eigenvalue weighted by Gasteiger charge is -2.04. The van der Waals surface area contributed by atoms with Crippen LogP contribution in [0, 0.1) is 0 Å². The molecule has 0 spiro atoms. The zero-order valence-corrected chi connectivity index (χ0v) is 9.63. The summed E-state index contributed by atoms with van der Waals surface area (Å²) in [5.41, 5.74) is 1.16. The van der Waals surface area contributed by atoms with Gasteiger partial charge in [-0.1, -0.05) is 23.9 Å². The van der Waals surface area contributed by atoms with Crippen LogP contribution in [0.4, 0.5) is 0 Å². The van der Waals surface area contributed by atoms with Gasteiger partial charge in [0.15, 0.2) is 0 Å². The first-order valence-corrected chi connectivity index (χ1v) is 6.01. The van der Waals surface area contributed by atoms with Crippen molar-refractivity contribution in [3.8, 4) is 0 Å². The van der Waals surface area contributed by atoms with Crippen molar-refractivity contribution in [3.05, 3.63) is 12.2 Å². The summed E-state index contributed by atoms with van der Waals surface area (Å²) in [6.07, 6.45) is 2.41. The number of rotatable bonds is 6. The molecule has 0 atom stereocenters. The van der Waals surface area contributed by atoms with Crippen LogP contribution in [-0.4, -0.2) is 39.6 Å². The second kappa shape index (κ2) is 4.76. The highest BCUT2D eigenvalue weighted by atomic mass is 32.2. The third kappa shape index (κ3) is 2.79. The summed E-state index contributed by atoms with van der Waals surface area (Å²) >= 11 is 1.66. The monoisotopic (exact) mass is 225 g/mol. The first-order chi connectivity index (χ1) is 7.31. The van der Waals surface area contributed by atoms with E-state index in [0.29, 0.717) is 6.04 Å². The minimum absolute atomic E-state index is 0.542. The molecule has 1 N–H and O–H groups in total. The van der Waals surface area contributed by atoms with Crippen LogP contribution in [0.3, 0.4) is 0 Å². The molecule has 5 nitrogen and oxygen atoms in total. The second-order valence-corrected chi connectivity index (χ2v) is 4.65. The number of hydrogen-bond donors (Lipinski definition) is 1. The highest BCUT2D eigenvalue weighted by Crippen LogP contribution is 2.36. The second-order valence-electron chi connectivity index (χ2n) is 3.71. The predicted molar refractivity (Wildman–Crippen MR) is 59.9 cm³/mol. The molecule has 0 saturated heterocycles. The van der Waals surface area contributed by atoms with Crippen LogP contribution in [-0.2, 0) is 0 Å². The fraction of sp³-hybridized carbons (Fsp3) is 0.667. The van der Waals surface area contributed by atoms with E-state index in [1.165, 1.54) is 12.8 Å². The van der Waals surface area contributed by atoms with Crippen molar-refractivity contribution < 1.29 is 0 Å². The highest BCUT2D eigenvalue weighted by molar-refractivity contribution is 7.99. The van der Waals surface area contributed by atoms with Gasteiger partial charge in [0.2, 0.25) is 5.16 Å². The maximum atomic E-state index is 4.01. The molecule has 0 aromatic carbocycles. The fourth-order valence-corrected chi connectivity index (χ4v) is 2.14. The van der Waals surface area contributed by atoms with Gasteiger partial charge >= 0.3 is 0 Å². The fourth-order valence-electron chi connectivity index (χ4n) is 1.30. The smallest absolute Gasteiger partial charge is 0.209 e. The molecule has 1 aliphatic rings. The van der Waals surface area contributed by atoms with E-state index in [-0.39, 0.29) is 0 Å². The van der Waals surface area contributed by atoms with Crippen molar-refractivity contribution in [2.45, 2.75) is 24.0 Å². The largest absolute Gasteiger partial charge is 0.316 e. The topological polar surface area (TPSA) is 55.6 Å². The minimum atomic E-state index is 0.542. The third-order valence-corrected chi connectivity index (χ3v) is 3.27. The average molecular weight is 225 g/mol. The van der Waals surface area contributed by atoms with Gasteiger partial charge in [0.25, 0.3) is 0 Å². The van der Waals surface area contributed by atoms with Gasteiger partial charge in [-0.2, -0.15) is 0 Å². The summed E-state index contributed by atoms with van der Waals surface area (Å²) < 4.78 is 1.93. The Balaban J connectivity index is 1.87. The normalized spacial score (nSPS) is 15.5. The Morgan fingerprint density at radius 2 is 2.47 bits per heavy atom. The van der Waals surface area contributed by atoms with Crippen LogP contribution in [0.2, 0.25) is 0 Å². The first-order valence-electron chi connectivity index (χ1n) is 5.03. The van der Waals surface area contributed by atoms with Crippen LogP contribution in [0.1, 0.15) is 18.9 Å². The molecule has 82 valence electrons. The Hall–Kier alpha value is -0.880. The molecule has 1 saturated carbocycles. The maximum absolute atomic E-state index is 4.01. The number of thioether (sulfide) groups is 1. The molecule has 1 aromatic heterocycles. The van der Waals surface area contributed by atoms with Crippen LogP contribution in [0.5, 0.6) is 0 Å². The Morgan fingerprint density at radius 3 is 3.13 bits per heavy atom. The SMILES string of the molecule is C=C(CNC)CSc1nnnn1C1CC1. The summed E-state index contributed by atoms with van der Waals surface area (Å²) in [5.74, 6) is 0.869. The molecule has 0 aliphatic heterocycles. The Bertz CT molecular complexity index is 344. The molecule has 1 aromatic rings. The summed E-state index contributed by atoms with van der Waals surface area (Å²) in [5, 5.41) is 15.7. The van der Waals surface area contributed by atoms with E-state index in [2.05, 4.69) is 27.4 Å². The number of likely N-dealkylation sites (N-methyl/N-ethyl adjacent to an activating group) is 1. The quantitative estimate of drug-likeness (QED) is 0.575. The lowest BCUT2D eigenvalue weighted by molar-refractivity contribution is 0.565. The third-order valence-electron chi connectivity index (χ3n) is 2.19. The van der Waals surface area contributed by atoms with Gasteiger partial charge in [-0.3, -0.25) is 0 Å². The van der Waals surface area contributed by atoms with Crippen LogP contribution >= 0.6 is 11.8 Å². The average Bonchev–Trinajstić information content (AvgIpc) is 2.96. The van der Waals surface area contributed by atoms with E-state index < -0.39 is 0 Å². The van der Waals surface area contributed by atoms with E-state index in [1.807, 2.05) is 11.7 Å². The van der Waals surface area contributed by atoms with E-state index in [4.69, 9.17) is 0 Å². The number of nitrogens with one attached hydrogen (secondary N) is 1. The van der Waals surface area contributed by atoms with Crippen molar-refractivity contribution in [2.24, 2.45) is 0 Å². The standard InChI is InChI=1S/C9H15N5S/c1-7(5-10-2)6-15-9-11-12-13-14(9)8-3-4-8/h8,10H,1,3-6H2,2H3. The van der Waals surface area contributed by atoms with Crippen molar-refractivity contribution in [3.63, 3.8) is 0 Å². The molecule has 2 rings (SSSR count). The van der Waals surface area contributed by atoms with Gasteiger partial charge < -0.3 is 5.32 Å². The van der Waals surface area contributed by atoms with Gasteiger partial charge in [-0.05, 0) is 30.3 Å². The Kier molecular flexibility index (Phi) is 3.37. The number of nitrogens with zero attached hydrogens (tertiary/aromatic N) is 4. The predicted octanol–water partition coefficient (Wildman–Crippen LogP) is 0.876. The van der Waals surface area contributed by atoms with Gasteiger partial charge in [0.1, 0.15) is 0 Å². The van der Waals surface area contributed by atoms with Crippen molar-refractivity contribution >= 4 is 11.8 Å². The number of tetrazole rings is 1. The lowest BCUT2D eigenvalue weighted by atomic mass is 10.3. The molecule has 0 amide bonds. The summed E-state index contributed by atoms with van der Waals surface area (Å²) in [7, 11) is 1.92. The van der Waals surface area contributed by atoms with Crippen molar-refractivity contribution in [1.29, 1.82) is 0 Å². The summed E-state index contributed by atoms with van der Waals surface area (Å²) in [6, 6.07) is 0.542. The van der Waals surface area contributed by atoms with Gasteiger partial charge in [0, 0.05) is 12.3 Å². The molecule has 1 aliphatic carbocycles. The molecular weight excluding hydrogens is 210 g/mol. The molecule has 1 fully saturated rings. The summed E-state index contributed by atoms with van der Waals surface area (Å²) in [6.45, 7) is 4.82.